The molecule has 3 heterocycles. The van der Waals surface area contributed by atoms with E-state index in [2.05, 4.69) is 11.1 Å². The maximum atomic E-state index is 13.9. The molecule has 4 aromatic rings. The van der Waals surface area contributed by atoms with E-state index in [1.54, 1.807) is 17.0 Å². The molecule has 0 saturated carbocycles. The number of pyridine rings is 1. The Bertz CT molecular complexity index is 1310. The lowest BCUT2D eigenvalue weighted by Gasteiger charge is -2.28. The summed E-state index contributed by atoms with van der Waals surface area (Å²) in [7, 11) is 1.45. The maximum absolute atomic E-state index is 13.9. The molecule has 0 spiro atoms. The monoisotopic (exact) mass is 419 g/mol. The molecule has 1 amide bonds. The number of halogens is 1. The van der Waals surface area contributed by atoms with Crippen LogP contribution >= 0.6 is 0 Å². The molecule has 158 valence electrons. The topological polar surface area (TPSA) is 78.5 Å². The first-order valence-electron chi connectivity index (χ1n) is 10.2. The normalized spacial score (nSPS) is 13.6. The number of nitrogens with one attached hydrogen (secondary N) is 1. The number of benzene rings is 2. The van der Waals surface area contributed by atoms with Gasteiger partial charge in [-0.2, -0.15) is 0 Å². The number of aliphatic hydroxyl groups excluding tert-OH is 1. The van der Waals surface area contributed by atoms with Crippen molar-refractivity contribution >= 4 is 27.7 Å². The van der Waals surface area contributed by atoms with Crippen LogP contribution in [0.15, 0.2) is 42.5 Å². The van der Waals surface area contributed by atoms with E-state index in [0.29, 0.717) is 25.9 Å². The van der Waals surface area contributed by atoms with Gasteiger partial charge in [0.2, 0.25) is 5.91 Å². The van der Waals surface area contributed by atoms with E-state index in [1.165, 1.54) is 13.2 Å². The summed E-state index contributed by atoms with van der Waals surface area (Å²) in [5, 5.41) is 11.5. The number of fused-ring (bicyclic) bond motifs is 5. The van der Waals surface area contributed by atoms with Gasteiger partial charge in [-0.25, -0.2) is 4.39 Å². The third-order valence-corrected chi connectivity index (χ3v) is 5.96. The second-order valence-corrected chi connectivity index (χ2v) is 7.77. The molecule has 1 aliphatic heterocycles. The number of hydrogen-bond acceptors (Lipinski definition) is 4. The van der Waals surface area contributed by atoms with Gasteiger partial charge in [-0.1, -0.05) is 24.3 Å². The maximum Gasteiger partial charge on any atom is 0.248 e. The van der Waals surface area contributed by atoms with Crippen molar-refractivity contribution in [3.05, 3.63) is 70.8 Å². The largest absolute Gasteiger partial charge is 0.494 e. The molecule has 0 bridgehead atoms. The van der Waals surface area contributed by atoms with E-state index < -0.39 is 12.4 Å². The summed E-state index contributed by atoms with van der Waals surface area (Å²) in [5.41, 5.74) is 5.68. The lowest BCUT2D eigenvalue weighted by atomic mass is 9.96. The number of carbonyl (C=O) groups excluding carboxylic acids is 1. The summed E-state index contributed by atoms with van der Waals surface area (Å²) in [4.78, 5) is 22.2. The van der Waals surface area contributed by atoms with Crippen LogP contribution in [0.3, 0.4) is 0 Å². The summed E-state index contributed by atoms with van der Waals surface area (Å²) in [6.45, 7) is 0.411. The van der Waals surface area contributed by atoms with Gasteiger partial charge in [0, 0.05) is 29.3 Å². The first-order chi connectivity index (χ1) is 15.1. The van der Waals surface area contributed by atoms with Gasteiger partial charge >= 0.3 is 0 Å². The Hall–Kier alpha value is -3.45. The number of H-pyrrole nitrogens is 1. The van der Waals surface area contributed by atoms with Crippen molar-refractivity contribution in [3.8, 4) is 5.75 Å². The van der Waals surface area contributed by atoms with Crippen molar-refractivity contribution in [1.29, 1.82) is 0 Å². The molecular weight excluding hydrogens is 397 g/mol. The Morgan fingerprint density at radius 1 is 1.29 bits per heavy atom. The molecule has 0 saturated heterocycles. The first kappa shape index (κ1) is 19.5. The predicted molar refractivity (Wildman–Crippen MR) is 116 cm³/mol. The molecule has 1 aliphatic rings. The van der Waals surface area contributed by atoms with E-state index in [4.69, 9.17) is 9.72 Å². The Labute approximate surface area is 178 Å². The number of aromatic amines is 1. The summed E-state index contributed by atoms with van der Waals surface area (Å²) in [5.74, 6) is -0.502. The fourth-order valence-electron chi connectivity index (χ4n) is 4.46. The highest BCUT2D eigenvalue weighted by atomic mass is 19.1. The Balaban J connectivity index is 1.68. The van der Waals surface area contributed by atoms with Crippen molar-refractivity contribution in [2.75, 3.05) is 20.3 Å². The van der Waals surface area contributed by atoms with Crippen LogP contribution in [0.1, 0.15) is 22.5 Å². The third-order valence-electron chi connectivity index (χ3n) is 5.96. The smallest absolute Gasteiger partial charge is 0.248 e. The molecule has 2 aromatic carbocycles. The molecule has 2 aromatic heterocycles. The predicted octanol–water partition coefficient (Wildman–Crippen LogP) is 3.33. The van der Waals surface area contributed by atoms with Crippen LogP contribution in [0.25, 0.3) is 21.8 Å². The molecule has 7 heteroatoms. The van der Waals surface area contributed by atoms with E-state index in [-0.39, 0.29) is 11.7 Å². The van der Waals surface area contributed by atoms with Gasteiger partial charge in [0.1, 0.15) is 6.61 Å². The average Bonchev–Trinajstić information content (AvgIpc) is 3.19. The van der Waals surface area contributed by atoms with Crippen LogP contribution in [-0.2, 0) is 24.2 Å². The van der Waals surface area contributed by atoms with Gasteiger partial charge < -0.3 is 19.7 Å². The molecule has 5 rings (SSSR count). The van der Waals surface area contributed by atoms with Crippen LogP contribution in [0.4, 0.5) is 4.39 Å². The molecule has 0 radical (unpaired) electrons. The molecule has 0 unspecified atom stereocenters. The number of aromatic nitrogens is 2. The lowest BCUT2D eigenvalue weighted by molar-refractivity contribution is -0.135. The minimum Gasteiger partial charge on any atom is -0.494 e. The average molecular weight is 419 g/mol. The van der Waals surface area contributed by atoms with E-state index in [0.717, 1.165) is 44.3 Å². The molecule has 0 atom stereocenters. The van der Waals surface area contributed by atoms with Crippen LogP contribution in [0, 0.1) is 5.82 Å². The number of nitrogens with zero attached hydrogens (tertiary/aromatic N) is 2. The van der Waals surface area contributed by atoms with Crippen molar-refractivity contribution in [3.63, 3.8) is 0 Å². The van der Waals surface area contributed by atoms with Gasteiger partial charge in [-0.15, -0.1) is 0 Å². The van der Waals surface area contributed by atoms with Crippen LogP contribution in [0.5, 0.6) is 5.75 Å². The van der Waals surface area contributed by atoms with E-state index in [1.807, 2.05) is 18.2 Å². The van der Waals surface area contributed by atoms with Crippen molar-refractivity contribution in [1.82, 2.24) is 14.9 Å². The van der Waals surface area contributed by atoms with E-state index >= 15 is 0 Å². The Morgan fingerprint density at radius 3 is 2.94 bits per heavy atom. The summed E-state index contributed by atoms with van der Waals surface area (Å²) < 4.78 is 19.0. The van der Waals surface area contributed by atoms with Gasteiger partial charge in [0.05, 0.1) is 30.6 Å². The molecule has 0 aliphatic carbocycles. The SMILES string of the molecule is COc1cc(Cc2nc3c(c4c2[nH]c2ccccc24)CCN(C(=O)CO)C3)ccc1F. The van der Waals surface area contributed by atoms with Crippen LogP contribution in [-0.4, -0.2) is 46.1 Å². The number of rotatable bonds is 4. The van der Waals surface area contributed by atoms with Crippen molar-refractivity contribution in [2.24, 2.45) is 0 Å². The quantitative estimate of drug-likeness (QED) is 0.532. The van der Waals surface area contributed by atoms with Gasteiger partial charge in [-0.3, -0.25) is 9.78 Å². The minimum atomic E-state index is -0.507. The zero-order chi connectivity index (χ0) is 21.5. The number of methoxy groups -OCH3 is 1. The molecule has 0 fully saturated rings. The summed E-state index contributed by atoms with van der Waals surface area (Å²) >= 11 is 0. The zero-order valence-electron chi connectivity index (χ0n) is 17.1. The van der Waals surface area contributed by atoms with Crippen molar-refractivity contribution in [2.45, 2.75) is 19.4 Å². The molecule has 2 N–H and O–H groups in total. The highest BCUT2D eigenvalue weighted by Crippen LogP contribution is 2.35. The molecule has 6 nitrogen and oxygen atoms in total. The standard InChI is InChI=1S/C24H22FN3O3/c1-31-21-11-14(6-7-17(21)25)10-19-24-23(15-4-2-3-5-18(15)27-24)16-8-9-28(22(30)13-29)12-20(16)26-19/h2-7,11,27,29H,8-10,12-13H2,1H3. The second-order valence-electron chi connectivity index (χ2n) is 7.77. The van der Waals surface area contributed by atoms with Gasteiger partial charge in [-0.05, 0) is 35.7 Å². The Morgan fingerprint density at radius 2 is 2.13 bits per heavy atom. The highest BCUT2D eigenvalue weighted by Gasteiger charge is 2.26. The number of hydrogen-bond donors (Lipinski definition) is 2. The third kappa shape index (κ3) is 3.31. The van der Waals surface area contributed by atoms with Gasteiger partial charge in [0.25, 0.3) is 0 Å². The van der Waals surface area contributed by atoms with Gasteiger partial charge in [0.15, 0.2) is 11.6 Å². The highest BCUT2D eigenvalue weighted by molar-refractivity contribution is 6.10. The number of carbonyl (C=O) groups is 1. The number of amides is 1. The van der Waals surface area contributed by atoms with Crippen molar-refractivity contribution < 1.29 is 19.0 Å². The summed E-state index contributed by atoms with van der Waals surface area (Å²) in [6.07, 6.45) is 1.16. The molecular formula is C24H22FN3O3. The summed E-state index contributed by atoms with van der Waals surface area (Å²) in [6, 6.07) is 12.9. The Kier molecular flexibility index (Phi) is 4.82. The second kappa shape index (κ2) is 7.67. The number of aliphatic hydroxyl groups is 1. The fraction of sp³-hybridized carbons (Fsp3) is 0.250. The number of ether oxygens (including phenoxy) is 1. The minimum absolute atomic E-state index is 0.197. The lowest BCUT2D eigenvalue weighted by Crippen LogP contribution is -2.38. The first-order valence-corrected chi connectivity index (χ1v) is 10.2. The van der Waals surface area contributed by atoms with Crippen LogP contribution in [0.2, 0.25) is 0 Å². The fourth-order valence-corrected chi connectivity index (χ4v) is 4.46. The zero-order valence-corrected chi connectivity index (χ0v) is 17.1. The number of para-hydroxylation sites is 1. The molecule has 31 heavy (non-hydrogen) atoms. The van der Waals surface area contributed by atoms with E-state index in [9.17, 15) is 14.3 Å². The van der Waals surface area contributed by atoms with Crippen LogP contribution < -0.4 is 4.74 Å².